The quantitative estimate of drug-likeness (QED) is 0.741. The smallest absolute Gasteiger partial charge is 0.0181 e. The summed E-state index contributed by atoms with van der Waals surface area (Å²) in [4.78, 5) is 0. The minimum absolute atomic E-state index is 0.551. The summed E-state index contributed by atoms with van der Waals surface area (Å²) < 4.78 is 0. The van der Waals surface area contributed by atoms with Gasteiger partial charge in [0.25, 0.3) is 0 Å². The van der Waals surface area contributed by atoms with E-state index >= 15 is 0 Å². The van der Waals surface area contributed by atoms with E-state index in [9.17, 15) is 0 Å². The standard InChI is InChI=1S/C14H27N/c1-3-12-8-5-6-9-13(12)15-14(4-2)10-7-11-14/h12-13,15H,3-11H2,1-2H3. The first-order chi connectivity index (χ1) is 7.29. The van der Waals surface area contributed by atoms with Gasteiger partial charge in [0.2, 0.25) is 0 Å². The average molecular weight is 209 g/mol. The molecule has 2 aliphatic carbocycles. The Hall–Kier alpha value is -0.0400. The topological polar surface area (TPSA) is 12.0 Å². The highest BCUT2D eigenvalue weighted by atomic mass is 15.0. The molecule has 0 radical (unpaired) electrons. The SMILES string of the molecule is CCC1CCCCC1NC1(CC)CCC1. The largest absolute Gasteiger partial charge is 0.308 e. The average Bonchev–Trinajstić information content (AvgIpc) is 2.24. The summed E-state index contributed by atoms with van der Waals surface area (Å²) in [6, 6.07) is 0.837. The second kappa shape index (κ2) is 4.86. The summed E-state index contributed by atoms with van der Waals surface area (Å²) in [5.41, 5.74) is 0.551. The van der Waals surface area contributed by atoms with Crippen LogP contribution in [-0.2, 0) is 0 Å². The van der Waals surface area contributed by atoms with E-state index in [2.05, 4.69) is 19.2 Å². The Kier molecular flexibility index (Phi) is 3.71. The van der Waals surface area contributed by atoms with Gasteiger partial charge in [-0.3, -0.25) is 0 Å². The van der Waals surface area contributed by atoms with Gasteiger partial charge in [-0.25, -0.2) is 0 Å². The molecule has 15 heavy (non-hydrogen) atoms. The van der Waals surface area contributed by atoms with Crippen LogP contribution in [0.3, 0.4) is 0 Å². The first-order valence-electron chi connectivity index (χ1n) is 7.07. The van der Waals surface area contributed by atoms with Crippen LogP contribution in [0.2, 0.25) is 0 Å². The van der Waals surface area contributed by atoms with Crippen molar-refractivity contribution in [3.05, 3.63) is 0 Å². The van der Waals surface area contributed by atoms with Crippen LogP contribution in [0.5, 0.6) is 0 Å². The fourth-order valence-electron chi connectivity index (χ4n) is 3.48. The summed E-state index contributed by atoms with van der Waals surface area (Å²) in [7, 11) is 0. The van der Waals surface area contributed by atoms with Crippen LogP contribution in [-0.4, -0.2) is 11.6 Å². The molecule has 2 aliphatic rings. The van der Waals surface area contributed by atoms with Crippen LogP contribution >= 0.6 is 0 Å². The third kappa shape index (κ3) is 2.38. The maximum Gasteiger partial charge on any atom is 0.0181 e. The van der Waals surface area contributed by atoms with E-state index in [1.54, 1.807) is 0 Å². The molecule has 2 atom stereocenters. The molecule has 2 rings (SSSR count). The number of hydrogen-bond donors (Lipinski definition) is 1. The summed E-state index contributed by atoms with van der Waals surface area (Å²) in [5.74, 6) is 0.961. The highest BCUT2D eigenvalue weighted by Crippen LogP contribution is 2.38. The maximum atomic E-state index is 4.02. The number of hydrogen-bond acceptors (Lipinski definition) is 1. The van der Waals surface area contributed by atoms with Gasteiger partial charge in [0.15, 0.2) is 0 Å². The molecule has 2 saturated carbocycles. The van der Waals surface area contributed by atoms with E-state index in [4.69, 9.17) is 0 Å². The molecule has 0 spiro atoms. The molecule has 2 fully saturated rings. The Morgan fingerprint density at radius 1 is 1.07 bits per heavy atom. The minimum Gasteiger partial charge on any atom is -0.308 e. The van der Waals surface area contributed by atoms with Crippen molar-refractivity contribution >= 4 is 0 Å². The Bertz CT molecular complexity index is 190. The first kappa shape index (κ1) is 11.4. The maximum absolute atomic E-state index is 4.02. The highest BCUT2D eigenvalue weighted by Gasteiger charge is 2.38. The Balaban J connectivity index is 1.90. The van der Waals surface area contributed by atoms with E-state index in [-0.39, 0.29) is 0 Å². The van der Waals surface area contributed by atoms with E-state index in [0.29, 0.717) is 5.54 Å². The Morgan fingerprint density at radius 3 is 2.33 bits per heavy atom. The van der Waals surface area contributed by atoms with Crippen molar-refractivity contribution in [2.75, 3.05) is 0 Å². The second-order valence-corrected chi connectivity index (χ2v) is 5.69. The van der Waals surface area contributed by atoms with Crippen LogP contribution in [0.25, 0.3) is 0 Å². The normalized spacial score (nSPS) is 34.8. The Labute approximate surface area is 95.0 Å². The molecule has 0 aromatic heterocycles. The molecule has 0 aliphatic heterocycles. The van der Waals surface area contributed by atoms with Crippen molar-refractivity contribution < 1.29 is 0 Å². The lowest BCUT2D eigenvalue weighted by molar-refractivity contribution is 0.116. The van der Waals surface area contributed by atoms with Crippen LogP contribution in [0.15, 0.2) is 0 Å². The van der Waals surface area contributed by atoms with Gasteiger partial charge in [0, 0.05) is 11.6 Å². The fraction of sp³-hybridized carbons (Fsp3) is 1.00. The van der Waals surface area contributed by atoms with Crippen LogP contribution in [0.4, 0.5) is 0 Å². The number of rotatable bonds is 4. The molecule has 88 valence electrons. The van der Waals surface area contributed by atoms with Gasteiger partial charge >= 0.3 is 0 Å². The molecule has 0 aromatic carbocycles. The lowest BCUT2D eigenvalue weighted by atomic mass is 9.72. The minimum atomic E-state index is 0.551. The Morgan fingerprint density at radius 2 is 1.80 bits per heavy atom. The predicted molar refractivity (Wildman–Crippen MR) is 66.0 cm³/mol. The van der Waals surface area contributed by atoms with Crippen molar-refractivity contribution in [1.82, 2.24) is 5.32 Å². The summed E-state index contributed by atoms with van der Waals surface area (Å²) in [5, 5.41) is 4.02. The van der Waals surface area contributed by atoms with Gasteiger partial charge in [-0.2, -0.15) is 0 Å². The fourth-order valence-corrected chi connectivity index (χ4v) is 3.48. The predicted octanol–water partition coefficient (Wildman–Crippen LogP) is 3.88. The summed E-state index contributed by atoms with van der Waals surface area (Å²) >= 11 is 0. The van der Waals surface area contributed by atoms with Gasteiger partial charge in [-0.15, -0.1) is 0 Å². The zero-order valence-electron chi connectivity index (χ0n) is 10.5. The van der Waals surface area contributed by atoms with Gasteiger partial charge < -0.3 is 5.32 Å². The van der Waals surface area contributed by atoms with Crippen LogP contribution < -0.4 is 5.32 Å². The number of nitrogens with one attached hydrogen (secondary N) is 1. The molecule has 0 aromatic rings. The van der Waals surface area contributed by atoms with Crippen molar-refractivity contribution in [3.63, 3.8) is 0 Å². The first-order valence-corrected chi connectivity index (χ1v) is 7.07. The van der Waals surface area contributed by atoms with Crippen molar-refractivity contribution in [2.45, 2.75) is 83.2 Å². The van der Waals surface area contributed by atoms with Gasteiger partial charge in [-0.05, 0) is 44.4 Å². The molecular weight excluding hydrogens is 182 g/mol. The zero-order chi connectivity index (χ0) is 10.7. The third-order valence-electron chi connectivity index (χ3n) is 4.91. The molecule has 0 saturated heterocycles. The van der Waals surface area contributed by atoms with Crippen LogP contribution in [0, 0.1) is 5.92 Å². The van der Waals surface area contributed by atoms with Crippen molar-refractivity contribution in [2.24, 2.45) is 5.92 Å². The second-order valence-electron chi connectivity index (χ2n) is 5.69. The molecule has 0 bridgehead atoms. The van der Waals surface area contributed by atoms with E-state index in [0.717, 1.165) is 12.0 Å². The van der Waals surface area contributed by atoms with Gasteiger partial charge in [0.1, 0.15) is 0 Å². The van der Waals surface area contributed by atoms with Gasteiger partial charge in [0.05, 0.1) is 0 Å². The molecule has 1 N–H and O–H groups in total. The molecule has 1 nitrogen and oxygen atoms in total. The van der Waals surface area contributed by atoms with E-state index in [1.807, 2.05) is 0 Å². The lowest BCUT2D eigenvalue weighted by Gasteiger charge is -2.47. The highest BCUT2D eigenvalue weighted by molar-refractivity contribution is 4.98. The van der Waals surface area contributed by atoms with E-state index in [1.165, 1.54) is 57.8 Å². The van der Waals surface area contributed by atoms with E-state index < -0.39 is 0 Å². The van der Waals surface area contributed by atoms with Crippen LogP contribution in [0.1, 0.15) is 71.6 Å². The molecular formula is C14H27N. The summed E-state index contributed by atoms with van der Waals surface area (Å²) in [6.07, 6.45) is 12.8. The van der Waals surface area contributed by atoms with Crippen molar-refractivity contribution in [3.8, 4) is 0 Å². The zero-order valence-corrected chi connectivity index (χ0v) is 10.5. The molecule has 0 heterocycles. The molecule has 2 unspecified atom stereocenters. The third-order valence-corrected chi connectivity index (χ3v) is 4.91. The molecule has 1 heteroatoms. The van der Waals surface area contributed by atoms with Gasteiger partial charge in [-0.1, -0.05) is 33.1 Å². The summed E-state index contributed by atoms with van der Waals surface area (Å²) in [6.45, 7) is 4.72. The molecule has 0 amide bonds. The van der Waals surface area contributed by atoms with Crippen molar-refractivity contribution in [1.29, 1.82) is 0 Å². The monoisotopic (exact) mass is 209 g/mol. The lowest BCUT2D eigenvalue weighted by Crippen LogP contribution is -2.57.